The van der Waals surface area contributed by atoms with Crippen LogP contribution in [-0.4, -0.2) is 0 Å². The molecule has 74 valence electrons. The zero-order chi connectivity index (χ0) is 9.80. The number of hydrogen-bond donors (Lipinski definition) is 0. The molecule has 0 aromatic rings. The van der Waals surface area contributed by atoms with E-state index in [2.05, 4.69) is 34.6 Å². The highest BCUT2D eigenvalue weighted by molar-refractivity contribution is 5.37. The maximum atomic E-state index is 2.49. The van der Waals surface area contributed by atoms with Gasteiger partial charge in [0, 0.05) is 0 Å². The Labute approximate surface area is 82.4 Å². The van der Waals surface area contributed by atoms with Crippen LogP contribution >= 0.6 is 0 Å². The van der Waals surface area contributed by atoms with E-state index < -0.39 is 0 Å². The van der Waals surface area contributed by atoms with Crippen LogP contribution in [0.3, 0.4) is 0 Å². The fourth-order valence-electron chi connectivity index (χ4n) is 3.53. The Morgan fingerprint density at radius 1 is 1.46 bits per heavy atom. The topological polar surface area (TPSA) is 0 Å². The van der Waals surface area contributed by atoms with Crippen molar-refractivity contribution in [3.8, 4) is 0 Å². The summed E-state index contributed by atoms with van der Waals surface area (Å²) < 4.78 is 0. The summed E-state index contributed by atoms with van der Waals surface area (Å²) >= 11 is 0. The van der Waals surface area contributed by atoms with Crippen LogP contribution in [0.2, 0.25) is 0 Å². The molecule has 13 heavy (non-hydrogen) atoms. The molecule has 3 unspecified atom stereocenters. The lowest BCUT2D eigenvalue weighted by Crippen LogP contribution is -2.25. The predicted octanol–water partition coefficient (Wildman–Crippen LogP) is 4.02. The van der Waals surface area contributed by atoms with E-state index in [1.54, 1.807) is 11.1 Å². The molecule has 0 aliphatic heterocycles. The summed E-state index contributed by atoms with van der Waals surface area (Å²) in [4.78, 5) is 0. The fourth-order valence-corrected chi connectivity index (χ4v) is 3.53. The minimum Gasteiger partial charge on any atom is -0.0676 e. The summed E-state index contributed by atoms with van der Waals surface area (Å²) in [6, 6.07) is 0. The van der Waals surface area contributed by atoms with Gasteiger partial charge in [-0.3, -0.25) is 0 Å². The molecule has 1 fully saturated rings. The van der Waals surface area contributed by atoms with Gasteiger partial charge in [0.25, 0.3) is 0 Å². The standard InChI is InChI=1S/C13H22/c1-6-10-9(4)13(5,8(2)3)12-7-11(10)12/h8,11-12H,6-7H2,1-5H3. The number of rotatable bonds is 2. The predicted molar refractivity (Wildman–Crippen MR) is 57.5 cm³/mol. The van der Waals surface area contributed by atoms with E-state index in [-0.39, 0.29) is 0 Å². The van der Waals surface area contributed by atoms with Crippen molar-refractivity contribution >= 4 is 0 Å². The average molecular weight is 178 g/mol. The van der Waals surface area contributed by atoms with Crippen molar-refractivity contribution < 1.29 is 0 Å². The average Bonchev–Trinajstić information content (AvgIpc) is 2.80. The molecule has 0 saturated heterocycles. The fraction of sp³-hybridized carbons (Fsp3) is 0.846. The van der Waals surface area contributed by atoms with Crippen LogP contribution in [0.25, 0.3) is 0 Å². The molecule has 2 aliphatic rings. The van der Waals surface area contributed by atoms with Gasteiger partial charge in [-0.05, 0) is 42.9 Å². The van der Waals surface area contributed by atoms with Gasteiger partial charge in [0.1, 0.15) is 0 Å². The lowest BCUT2D eigenvalue weighted by atomic mass is 9.71. The highest BCUT2D eigenvalue weighted by atomic mass is 14.6. The molecule has 1 saturated carbocycles. The summed E-state index contributed by atoms with van der Waals surface area (Å²) in [7, 11) is 0. The Hall–Kier alpha value is -0.260. The monoisotopic (exact) mass is 178 g/mol. The van der Waals surface area contributed by atoms with Gasteiger partial charge in [-0.15, -0.1) is 0 Å². The first-order chi connectivity index (χ1) is 6.03. The first-order valence-electron chi connectivity index (χ1n) is 5.73. The molecular weight excluding hydrogens is 156 g/mol. The number of hydrogen-bond acceptors (Lipinski definition) is 0. The number of allylic oxidation sites excluding steroid dienone is 2. The molecule has 0 aromatic heterocycles. The second-order valence-electron chi connectivity index (χ2n) is 5.39. The van der Waals surface area contributed by atoms with Gasteiger partial charge in [0.15, 0.2) is 0 Å². The van der Waals surface area contributed by atoms with E-state index in [4.69, 9.17) is 0 Å². The quantitative estimate of drug-likeness (QED) is 0.560. The molecule has 3 atom stereocenters. The zero-order valence-electron chi connectivity index (χ0n) is 9.65. The zero-order valence-corrected chi connectivity index (χ0v) is 9.65. The Kier molecular flexibility index (Phi) is 1.87. The van der Waals surface area contributed by atoms with Crippen molar-refractivity contribution in [2.45, 2.75) is 47.5 Å². The van der Waals surface area contributed by atoms with Crippen molar-refractivity contribution in [2.75, 3.05) is 0 Å². The molecule has 0 N–H and O–H groups in total. The van der Waals surface area contributed by atoms with Gasteiger partial charge in [0.05, 0.1) is 0 Å². The minimum atomic E-state index is 0.538. The molecule has 0 spiro atoms. The lowest BCUT2D eigenvalue weighted by molar-refractivity contribution is 0.240. The Morgan fingerprint density at radius 2 is 2.08 bits per heavy atom. The minimum absolute atomic E-state index is 0.538. The van der Waals surface area contributed by atoms with Gasteiger partial charge < -0.3 is 0 Å². The summed E-state index contributed by atoms with van der Waals surface area (Å²) in [6.45, 7) is 12.0. The highest BCUT2D eigenvalue weighted by Crippen LogP contribution is 2.67. The molecule has 0 radical (unpaired) electrons. The van der Waals surface area contributed by atoms with E-state index in [9.17, 15) is 0 Å². The van der Waals surface area contributed by atoms with Crippen LogP contribution in [0.1, 0.15) is 47.5 Å². The van der Waals surface area contributed by atoms with Gasteiger partial charge in [-0.2, -0.15) is 0 Å². The summed E-state index contributed by atoms with van der Waals surface area (Å²) in [6.07, 6.45) is 2.77. The summed E-state index contributed by atoms with van der Waals surface area (Å²) in [5.41, 5.74) is 4.06. The lowest BCUT2D eigenvalue weighted by Gasteiger charge is -2.33. The Morgan fingerprint density at radius 3 is 2.38 bits per heavy atom. The highest BCUT2D eigenvalue weighted by Gasteiger charge is 2.58. The second-order valence-corrected chi connectivity index (χ2v) is 5.39. The van der Waals surface area contributed by atoms with Gasteiger partial charge >= 0.3 is 0 Å². The molecule has 0 heteroatoms. The third-order valence-corrected chi connectivity index (χ3v) is 4.88. The molecule has 0 aromatic carbocycles. The third-order valence-electron chi connectivity index (χ3n) is 4.88. The molecule has 2 aliphatic carbocycles. The Balaban J connectivity index is 2.38. The second kappa shape index (κ2) is 2.62. The molecule has 0 amide bonds. The van der Waals surface area contributed by atoms with Crippen LogP contribution in [0.4, 0.5) is 0 Å². The van der Waals surface area contributed by atoms with E-state index in [1.165, 1.54) is 12.8 Å². The van der Waals surface area contributed by atoms with E-state index in [0.717, 1.165) is 17.8 Å². The normalized spacial score (nSPS) is 42.9. The molecular formula is C13H22. The SMILES string of the molecule is CCC1=C(C)C(C)(C(C)C)C2CC12. The van der Waals surface area contributed by atoms with E-state index >= 15 is 0 Å². The van der Waals surface area contributed by atoms with Crippen molar-refractivity contribution in [2.24, 2.45) is 23.2 Å². The maximum Gasteiger partial charge on any atom is -0.00592 e. The first-order valence-corrected chi connectivity index (χ1v) is 5.73. The smallest absolute Gasteiger partial charge is 0.00592 e. The first kappa shape index (κ1) is 9.30. The Bertz CT molecular complexity index is 259. The number of fused-ring (bicyclic) bond motifs is 1. The summed E-state index contributed by atoms with van der Waals surface area (Å²) in [5, 5.41) is 0. The molecule has 2 rings (SSSR count). The molecule has 0 nitrogen and oxygen atoms in total. The van der Waals surface area contributed by atoms with E-state index in [1.807, 2.05) is 0 Å². The van der Waals surface area contributed by atoms with Gasteiger partial charge in [-0.1, -0.05) is 38.8 Å². The van der Waals surface area contributed by atoms with Crippen molar-refractivity contribution in [1.82, 2.24) is 0 Å². The van der Waals surface area contributed by atoms with Crippen LogP contribution in [-0.2, 0) is 0 Å². The van der Waals surface area contributed by atoms with Crippen LogP contribution < -0.4 is 0 Å². The van der Waals surface area contributed by atoms with Crippen LogP contribution in [0, 0.1) is 23.2 Å². The largest absolute Gasteiger partial charge is 0.0676 e. The van der Waals surface area contributed by atoms with Gasteiger partial charge in [-0.25, -0.2) is 0 Å². The van der Waals surface area contributed by atoms with Crippen molar-refractivity contribution in [3.05, 3.63) is 11.1 Å². The van der Waals surface area contributed by atoms with Gasteiger partial charge in [0.2, 0.25) is 0 Å². The molecule has 0 bridgehead atoms. The third kappa shape index (κ3) is 0.978. The van der Waals surface area contributed by atoms with Crippen LogP contribution in [0.15, 0.2) is 11.1 Å². The molecule has 0 heterocycles. The van der Waals surface area contributed by atoms with Crippen molar-refractivity contribution in [1.29, 1.82) is 0 Å². The van der Waals surface area contributed by atoms with E-state index in [0.29, 0.717) is 5.41 Å². The summed E-state index contributed by atoms with van der Waals surface area (Å²) in [5.74, 6) is 2.80. The van der Waals surface area contributed by atoms with Crippen LogP contribution in [0.5, 0.6) is 0 Å². The van der Waals surface area contributed by atoms with Crippen molar-refractivity contribution in [3.63, 3.8) is 0 Å². The maximum absolute atomic E-state index is 2.49.